The lowest BCUT2D eigenvalue weighted by Crippen LogP contribution is -2.36. The number of hydrogen-bond donors (Lipinski definition) is 4. The summed E-state index contributed by atoms with van der Waals surface area (Å²) in [7, 11) is 0. The third-order valence-electron chi connectivity index (χ3n) is 2.02. The molecule has 9 nitrogen and oxygen atoms in total. The van der Waals surface area contributed by atoms with Crippen LogP contribution < -0.4 is 16.8 Å². The highest BCUT2D eigenvalue weighted by molar-refractivity contribution is 7.10. The number of carbonyl (C=O) groups excluding carboxylic acids is 2. The molecule has 0 aliphatic heterocycles. The summed E-state index contributed by atoms with van der Waals surface area (Å²) in [5, 5.41) is 15.5. The van der Waals surface area contributed by atoms with Crippen molar-refractivity contribution in [3.8, 4) is 0 Å². The minimum absolute atomic E-state index is 0.0822. The van der Waals surface area contributed by atoms with Crippen LogP contribution in [0.15, 0.2) is 16.6 Å². The van der Waals surface area contributed by atoms with Crippen LogP contribution in [0.2, 0.25) is 0 Å². The van der Waals surface area contributed by atoms with Crippen molar-refractivity contribution < 1.29 is 24.3 Å². The summed E-state index contributed by atoms with van der Waals surface area (Å²) in [6, 6.07) is 0.242. The van der Waals surface area contributed by atoms with E-state index in [-0.39, 0.29) is 5.84 Å². The highest BCUT2D eigenvalue weighted by Gasteiger charge is 2.22. The van der Waals surface area contributed by atoms with Gasteiger partial charge in [0.2, 0.25) is 5.91 Å². The molecule has 0 spiro atoms. The second-order valence-electron chi connectivity index (χ2n) is 3.58. The number of nitrogens with one attached hydrogen (secondary N) is 1. The summed E-state index contributed by atoms with van der Waals surface area (Å²) in [5.41, 5.74) is 11.1. The predicted octanol–water partition coefficient (Wildman–Crippen LogP) is -0.274. The number of nitrogens with zero attached hydrogens (tertiary/aromatic N) is 1. The number of oxime groups is 1. The van der Waals surface area contributed by atoms with Gasteiger partial charge in [0.1, 0.15) is 6.04 Å². The molecule has 0 bridgehead atoms. The third kappa shape index (κ3) is 4.24. The van der Waals surface area contributed by atoms with Gasteiger partial charge in [-0.3, -0.25) is 4.79 Å². The van der Waals surface area contributed by atoms with Crippen LogP contribution in [0.5, 0.6) is 0 Å². The fourth-order valence-corrected chi connectivity index (χ4v) is 2.17. The van der Waals surface area contributed by atoms with Gasteiger partial charge in [0.05, 0.1) is 0 Å². The second kappa shape index (κ2) is 6.52. The molecule has 0 fully saturated rings. The fraction of sp³-hybridized carbons (Fsp3) is 0.200. The van der Waals surface area contributed by atoms with Crippen LogP contribution in [0, 0.1) is 0 Å². The van der Waals surface area contributed by atoms with E-state index in [0.29, 0.717) is 10.4 Å². The molecule has 0 aromatic carbocycles. The van der Waals surface area contributed by atoms with Crippen LogP contribution in [0.25, 0.3) is 0 Å². The monoisotopic (exact) mass is 300 g/mol. The molecule has 0 aliphatic rings. The van der Waals surface area contributed by atoms with E-state index in [2.05, 4.69) is 9.99 Å². The molecule has 1 heterocycles. The molecule has 108 valence electrons. The molecule has 20 heavy (non-hydrogen) atoms. The van der Waals surface area contributed by atoms with Gasteiger partial charge < -0.3 is 26.7 Å². The van der Waals surface area contributed by atoms with Crippen molar-refractivity contribution in [2.24, 2.45) is 16.6 Å². The van der Waals surface area contributed by atoms with E-state index < -0.39 is 24.0 Å². The Balaban J connectivity index is 2.94. The molecule has 0 radical (unpaired) electrons. The first-order valence-corrected chi connectivity index (χ1v) is 6.08. The van der Waals surface area contributed by atoms with Crippen molar-refractivity contribution in [1.29, 1.82) is 0 Å². The standard InChI is InChI=1S/C10H12N4O5S/c1-4(15)19-14-8(11)5-2-6(20-3-5)7(9(12)16)13-10(17)18/h2-3,7,13H,1H3,(H2,11,14)(H2,12,16)(H,17,18). The quantitative estimate of drug-likeness (QED) is 0.253. The van der Waals surface area contributed by atoms with Gasteiger partial charge in [0.15, 0.2) is 5.84 Å². The first-order valence-electron chi connectivity index (χ1n) is 5.20. The Kier molecular flexibility index (Phi) is 5.03. The third-order valence-corrected chi connectivity index (χ3v) is 3.02. The molecule has 1 atom stereocenters. The van der Waals surface area contributed by atoms with Gasteiger partial charge in [0, 0.05) is 22.7 Å². The smallest absolute Gasteiger partial charge is 0.405 e. The van der Waals surface area contributed by atoms with Crippen molar-refractivity contribution in [3.63, 3.8) is 0 Å². The number of amidine groups is 1. The molecule has 1 unspecified atom stereocenters. The average Bonchev–Trinajstić information content (AvgIpc) is 2.81. The summed E-state index contributed by atoms with van der Waals surface area (Å²) in [6.45, 7) is 1.16. The van der Waals surface area contributed by atoms with Gasteiger partial charge in [0.25, 0.3) is 0 Å². The van der Waals surface area contributed by atoms with E-state index in [1.807, 2.05) is 5.32 Å². The Labute approximate surface area is 117 Å². The van der Waals surface area contributed by atoms with Crippen LogP contribution in [0.1, 0.15) is 23.4 Å². The van der Waals surface area contributed by atoms with E-state index >= 15 is 0 Å². The fourth-order valence-electron chi connectivity index (χ4n) is 1.21. The van der Waals surface area contributed by atoms with Crippen molar-refractivity contribution in [3.05, 3.63) is 21.9 Å². The average molecular weight is 300 g/mol. The minimum Gasteiger partial charge on any atom is -0.465 e. The van der Waals surface area contributed by atoms with E-state index in [1.165, 1.54) is 11.4 Å². The van der Waals surface area contributed by atoms with Gasteiger partial charge in [-0.1, -0.05) is 5.16 Å². The second-order valence-corrected chi connectivity index (χ2v) is 4.52. The topological polar surface area (TPSA) is 157 Å². The van der Waals surface area contributed by atoms with Gasteiger partial charge in [-0.05, 0) is 6.07 Å². The molecule has 0 saturated heterocycles. The first kappa shape index (κ1) is 15.4. The van der Waals surface area contributed by atoms with Crippen molar-refractivity contribution >= 4 is 35.1 Å². The number of thiophene rings is 1. The van der Waals surface area contributed by atoms with Crippen LogP contribution >= 0.6 is 11.3 Å². The lowest BCUT2D eigenvalue weighted by atomic mass is 10.2. The van der Waals surface area contributed by atoms with E-state index in [9.17, 15) is 14.4 Å². The number of amides is 2. The van der Waals surface area contributed by atoms with Gasteiger partial charge in [-0.25, -0.2) is 9.59 Å². The van der Waals surface area contributed by atoms with Crippen LogP contribution in [0.4, 0.5) is 4.79 Å². The molecular formula is C10H12N4O5S. The zero-order valence-corrected chi connectivity index (χ0v) is 11.1. The lowest BCUT2D eigenvalue weighted by molar-refractivity contribution is -0.140. The van der Waals surface area contributed by atoms with Crippen LogP contribution in [-0.4, -0.2) is 28.9 Å². The molecule has 1 rings (SSSR count). The van der Waals surface area contributed by atoms with Crippen molar-refractivity contribution in [1.82, 2.24) is 5.32 Å². The lowest BCUT2D eigenvalue weighted by Gasteiger charge is -2.10. The number of primary amides is 1. The number of carbonyl (C=O) groups is 3. The minimum atomic E-state index is -1.38. The summed E-state index contributed by atoms with van der Waals surface area (Å²) >= 11 is 1.06. The van der Waals surface area contributed by atoms with Gasteiger partial charge in [-0.15, -0.1) is 11.3 Å². The molecule has 10 heteroatoms. The van der Waals surface area contributed by atoms with Crippen LogP contribution in [-0.2, 0) is 14.4 Å². The zero-order valence-electron chi connectivity index (χ0n) is 10.3. The molecule has 2 amide bonds. The zero-order chi connectivity index (χ0) is 15.3. The molecule has 1 aromatic heterocycles. The molecular weight excluding hydrogens is 288 g/mol. The Morgan fingerprint density at radius 3 is 2.60 bits per heavy atom. The SMILES string of the molecule is CC(=O)ON=C(N)c1csc(C(NC(=O)O)C(N)=O)c1. The Hall–Kier alpha value is -2.62. The number of hydrogen-bond acceptors (Lipinski definition) is 6. The summed E-state index contributed by atoms with van der Waals surface area (Å²) in [6.07, 6.45) is -1.38. The summed E-state index contributed by atoms with van der Waals surface area (Å²) in [4.78, 5) is 37.1. The number of nitrogens with two attached hydrogens (primary N) is 2. The number of carboxylic acid groups (broad SMARTS) is 1. The largest absolute Gasteiger partial charge is 0.465 e. The predicted molar refractivity (Wildman–Crippen MR) is 69.9 cm³/mol. The van der Waals surface area contributed by atoms with Crippen molar-refractivity contribution in [2.75, 3.05) is 0 Å². The maximum atomic E-state index is 11.2. The maximum Gasteiger partial charge on any atom is 0.405 e. The maximum absolute atomic E-state index is 11.2. The Bertz CT molecular complexity index is 568. The number of rotatable bonds is 5. The molecule has 0 saturated carbocycles. The van der Waals surface area contributed by atoms with Gasteiger partial charge in [-0.2, -0.15) is 0 Å². The highest BCUT2D eigenvalue weighted by atomic mass is 32.1. The van der Waals surface area contributed by atoms with Crippen molar-refractivity contribution in [2.45, 2.75) is 13.0 Å². The van der Waals surface area contributed by atoms with E-state index in [1.54, 1.807) is 0 Å². The van der Waals surface area contributed by atoms with Crippen LogP contribution in [0.3, 0.4) is 0 Å². The van der Waals surface area contributed by atoms with E-state index in [4.69, 9.17) is 16.6 Å². The van der Waals surface area contributed by atoms with Gasteiger partial charge >= 0.3 is 12.1 Å². The Morgan fingerprint density at radius 2 is 2.10 bits per heavy atom. The van der Waals surface area contributed by atoms with E-state index in [0.717, 1.165) is 18.3 Å². The molecule has 0 aliphatic carbocycles. The summed E-state index contributed by atoms with van der Waals surface area (Å²) < 4.78 is 0. The molecule has 6 N–H and O–H groups in total. The summed E-state index contributed by atoms with van der Waals surface area (Å²) in [5.74, 6) is -1.57. The Morgan fingerprint density at radius 1 is 1.45 bits per heavy atom. The highest BCUT2D eigenvalue weighted by Crippen LogP contribution is 2.22. The normalized spacial score (nSPS) is 12.6. The first-order chi connectivity index (χ1) is 9.31. The molecule has 1 aromatic rings.